The van der Waals surface area contributed by atoms with E-state index in [0.29, 0.717) is 18.6 Å². The summed E-state index contributed by atoms with van der Waals surface area (Å²) in [5, 5.41) is 3.47. The Balaban J connectivity index is 1.64. The molecule has 1 saturated heterocycles. The fourth-order valence-electron chi connectivity index (χ4n) is 2.92. The summed E-state index contributed by atoms with van der Waals surface area (Å²) in [7, 11) is 1.69. The molecule has 3 nitrogen and oxygen atoms in total. The first-order valence-corrected chi connectivity index (χ1v) is 6.28. The lowest BCUT2D eigenvalue weighted by Crippen LogP contribution is -2.19. The van der Waals surface area contributed by atoms with E-state index in [1.54, 1.807) is 7.11 Å². The molecule has 17 heavy (non-hydrogen) atoms. The van der Waals surface area contributed by atoms with Crippen molar-refractivity contribution in [1.29, 1.82) is 0 Å². The molecule has 2 atom stereocenters. The monoisotopic (exact) mass is 233 g/mol. The van der Waals surface area contributed by atoms with E-state index in [1.807, 2.05) is 0 Å². The Bertz CT molecular complexity index is 390. The van der Waals surface area contributed by atoms with E-state index >= 15 is 0 Å². The van der Waals surface area contributed by atoms with Gasteiger partial charge in [-0.15, -0.1) is 0 Å². The molecule has 3 rings (SSSR count). The molecule has 2 aliphatic rings. The van der Waals surface area contributed by atoms with Crippen molar-refractivity contribution in [3.8, 4) is 5.75 Å². The van der Waals surface area contributed by atoms with Crippen molar-refractivity contribution in [3.05, 3.63) is 29.8 Å². The molecular formula is C14H19NO2. The standard InChI is InChI=1S/C14H19NO2/c1-16-6-7-17-13-4-2-11(3-5-13)14-8-12(14)9-15-10-14/h2-5,12,15H,6-10H2,1H3. The van der Waals surface area contributed by atoms with E-state index in [0.717, 1.165) is 18.2 Å². The largest absolute Gasteiger partial charge is 0.491 e. The van der Waals surface area contributed by atoms with Gasteiger partial charge < -0.3 is 14.8 Å². The molecule has 1 saturated carbocycles. The number of hydrogen-bond donors (Lipinski definition) is 1. The summed E-state index contributed by atoms with van der Waals surface area (Å²) in [6.07, 6.45) is 1.35. The third-order valence-corrected chi connectivity index (χ3v) is 4.05. The number of rotatable bonds is 5. The van der Waals surface area contributed by atoms with E-state index in [9.17, 15) is 0 Å². The minimum atomic E-state index is 0.449. The van der Waals surface area contributed by atoms with Gasteiger partial charge in [0, 0.05) is 19.1 Å². The number of benzene rings is 1. The summed E-state index contributed by atoms with van der Waals surface area (Å²) in [6, 6.07) is 8.59. The van der Waals surface area contributed by atoms with Crippen molar-refractivity contribution >= 4 is 0 Å². The second kappa shape index (κ2) is 4.31. The summed E-state index contributed by atoms with van der Waals surface area (Å²) < 4.78 is 10.5. The number of nitrogens with one attached hydrogen (secondary N) is 1. The first-order valence-electron chi connectivity index (χ1n) is 6.28. The summed E-state index contributed by atoms with van der Waals surface area (Å²) in [6.45, 7) is 3.58. The first kappa shape index (κ1) is 11.1. The maximum Gasteiger partial charge on any atom is 0.119 e. The van der Waals surface area contributed by atoms with Crippen molar-refractivity contribution in [2.75, 3.05) is 33.4 Å². The molecule has 0 spiro atoms. The average Bonchev–Trinajstić information content (AvgIpc) is 2.93. The average molecular weight is 233 g/mol. The molecule has 1 aromatic carbocycles. The number of ether oxygens (including phenoxy) is 2. The predicted molar refractivity (Wildman–Crippen MR) is 66.5 cm³/mol. The van der Waals surface area contributed by atoms with E-state index < -0.39 is 0 Å². The van der Waals surface area contributed by atoms with Crippen LogP contribution in [0.5, 0.6) is 5.75 Å². The van der Waals surface area contributed by atoms with Crippen molar-refractivity contribution < 1.29 is 9.47 Å². The van der Waals surface area contributed by atoms with Crippen LogP contribution in [0.4, 0.5) is 0 Å². The molecule has 1 aromatic rings. The number of piperidine rings is 1. The highest BCUT2D eigenvalue weighted by Gasteiger charge is 2.57. The Morgan fingerprint density at radius 1 is 1.29 bits per heavy atom. The Hall–Kier alpha value is -1.06. The Kier molecular flexibility index (Phi) is 2.81. The summed E-state index contributed by atoms with van der Waals surface area (Å²) >= 11 is 0. The number of fused-ring (bicyclic) bond motifs is 1. The molecule has 1 aliphatic carbocycles. The molecule has 3 heteroatoms. The van der Waals surface area contributed by atoms with Crippen LogP contribution in [0.15, 0.2) is 24.3 Å². The molecule has 2 fully saturated rings. The highest BCUT2D eigenvalue weighted by Crippen LogP contribution is 2.56. The number of methoxy groups -OCH3 is 1. The second-order valence-electron chi connectivity index (χ2n) is 5.05. The van der Waals surface area contributed by atoms with Crippen molar-refractivity contribution in [1.82, 2.24) is 5.32 Å². The quantitative estimate of drug-likeness (QED) is 0.783. The van der Waals surface area contributed by atoms with Gasteiger partial charge in [0.05, 0.1) is 6.61 Å². The van der Waals surface area contributed by atoms with Gasteiger partial charge >= 0.3 is 0 Å². The highest BCUT2D eigenvalue weighted by molar-refractivity contribution is 5.39. The Morgan fingerprint density at radius 3 is 2.71 bits per heavy atom. The second-order valence-corrected chi connectivity index (χ2v) is 5.05. The third-order valence-electron chi connectivity index (χ3n) is 4.05. The fourth-order valence-corrected chi connectivity index (χ4v) is 2.92. The number of hydrogen-bond acceptors (Lipinski definition) is 3. The van der Waals surface area contributed by atoms with Crippen LogP contribution in [0.2, 0.25) is 0 Å². The van der Waals surface area contributed by atoms with Crippen molar-refractivity contribution in [3.63, 3.8) is 0 Å². The van der Waals surface area contributed by atoms with Crippen LogP contribution in [0, 0.1) is 5.92 Å². The van der Waals surface area contributed by atoms with Gasteiger partial charge in [-0.05, 0) is 36.6 Å². The van der Waals surface area contributed by atoms with Crippen LogP contribution >= 0.6 is 0 Å². The molecule has 0 amide bonds. The summed E-state index contributed by atoms with van der Waals surface area (Å²) in [5.41, 5.74) is 1.91. The van der Waals surface area contributed by atoms with E-state index in [1.165, 1.54) is 18.5 Å². The zero-order chi connectivity index (χ0) is 11.7. The minimum Gasteiger partial charge on any atom is -0.491 e. The van der Waals surface area contributed by atoms with Crippen LogP contribution in [0.25, 0.3) is 0 Å². The van der Waals surface area contributed by atoms with Gasteiger partial charge in [0.2, 0.25) is 0 Å². The highest BCUT2D eigenvalue weighted by atomic mass is 16.5. The molecule has 1 N–H and O–H groups in total. The first-order chi connectivity index (χ1) is 8.35. The van der Waals surface area contributed by atoms with Gasteiger partial charge in [0.25, 0.3) is 0 Å². The minimum absolute atomic E-state index is 0.449. The lowest BCUT2D eigenvalue weighted by Gasteiger charge is -2.13. The third kappa shape index (κ3) is 1.94. The molecule has 92 valence electrons. The molecule has 1 aliphatic heterocycles. The topological polar surface area (TPSA) is 30.5 Å². The van der Waals surface area contributed by atoms with Crippen molar-refractivity contribution in [2.24, 2.45) is 5.92 Å². The van der Waals surface area contributed by atoms with Crippen LogP contribution < -0.4 is 10.1 Å². The zero-order valence-electron chi connectivity index (χ0n) is 10.2. The summed E-state index contributed by atoms with van der Waals surface area (Å²) in [4.78, 5) is 0. The predicted octanol–water partition coefficient (Wildman–Crippen LogP) is 1.57. The van der Waals surface area contributed by atoms with E-state index in [2.05, 4.69) is 29.6 Å². The summed E-state index contributed by atoms with van der Waals surface area (Å²) in [5.74, 6) is 1.80. The smallest absolute Gasteiger partial charge is 0.119 e. The maximum absolute atomic E-state index is 5.57. The van der Waals surface area contributed by atoms with Crippen LogP contribution in [0.1, 0.15) is 12.0 Å². The van der Waals surface area contributed by atoms with Crippen LogP contribution in [0.3, 0.4) is 0 Å². The van der Waals surface area contributed by atoms with Crippen molar-refractivity contribution in [2.45, 2.75) is 11.8 Å². The van der Waals surface area contributed by atoms with Gasteiger partial charge in [-0.1, -0.05) is 12.1 Å². The van der Waals surface area contributed by atoms with Gasteiger partial charge in [0.15, 0.2) is 0 Å². The maximum atomic E-state index is 5.57. The normalized spacial score (nSPS) is 30.1. The van der Waals surface area contributed by atoms with Crippen LogP contribution in [-0.4, -0.2) is 33.4 Å². The van der Waals surface area contributed by atoms with E-state index in [-0.39, 0.29) is 0 Å². The lowest BCUT2D eigenvalue weighted by molar-refractivity contribution is 0.146. The van der Waals surface area contributed by atoms with Gasteiger partial charge in [-0.3, -0.25) is 0 Å². The lowest BCUT2D eigenvalue weighted by atomic mass is 9.95. The van der Waals surface area contributed by atoms with Gasteiger partial charge in [-0.2, -0.15) is 0 Å². The van der Waals surface area contributed by atoms with Crippen LogP contribution in [-0.2, 0) is 10.2 Å². The molecule has 2 unspecified atom stereocenters. The molecular weight excluding hydrogens is 214 g/mol. The molecule has 0 radical (unpaired) electrons. The molecule has 0 aromatic heterocycles. The Labute approximate surface area is 102 Å². The SMILES string of the molecule is COCCOc1ccc(C23CNCC2C3)cc1. The zero-order valence-corrected chi connectivity index (χ0v) is 10.2. The molecule has 0 bridgehead atoms. The van der Waals surface area contributed by atoms with E-state index in [4.69, 9.17) is 9.47 Å². The van der Waals surface area contributed by atoms with Gasteiger partial charge in [-0.25, -0.2) is 0 Å². The Morgan fingerprint density at radius 2 is 2.12 bits per heavy atom. The fraction of sp³-hybridized carbons (Fsp3) is 0.571. The van der Waals surface area contributed by atoms with Gasteiger partial charge in [0.1, 0.15) is 12.4 Å². The molecule has 1 heterocycles.